The van der Waals surface area contributed by atoms with Crippen LogP contribution < -0.4 is 0 Å². The summed E-state index contributed by atoms with van der Waals surface area (Å²) < 4.78 is 0. The monoisotopic (exact) mass is 344 g/mol. The molecule has 2 heterocycles. The van der Waals surface area contributed by atoms with Crippen LogP contribution in [0.3, 0.4) is 0 Å². The second-order valence-electron chi connectivity index (χ2n) is 7.59. The maximum absolute atomic E-state index is 13.4. The average Bonchev–Trinajstić information content (AvgIpc) is 2.66. The van der Waals surface area contributed by atoms with E-state index in [0.717, 1.165) is 40.8 Å². The molecule has 0 spiro atoms. The summed E-state index contributed by atoms with van der Waals surface area (Å²) in [5, 5.41) is 0.933. The Labute approximate surface area is 154 Å². The number of carbonyl (C=O) groups excluding carboxylic acids is 1. The summed E-state index contributed by atoms with van der Waals surface area (Å²) in [5.74, 6) is 1.22. The number of rotatable bonds is 2. The summed E-state index contributed by atoms with van der Waals surface area (Å²) in [6.07, 6.45) is 1.19. The van der Waals surface area contributed by atoms with Crippen LogP contribution in [0.4, 0.5) is 0 Å². The summed E-state index contributed by atoms with van der Waals surface area (Å²) >= 11 is 0. The summed E-state index contributed by atoms with van der Waals surface area (Å²) in [6.45, 7) is 6.13. The molecule has 4 rings (SSSR count). The lowest BCUT2D eigenvalue weighted by molar-refractivity contribution is 0.0625. The lowest BCUT2D eigenvalue weighted by Crippen LogP contribution is -2.42. The molecule has 3 nitrogen and oxygen atoms in total. The van der Waals surface area contributed by atoms with Gasteiger partial charge in [-0.05, 0) is 30.4 Å². The molecule has 132 valence electrons. The first-order valence-corrected chi connectivity index (χ1v) is 9.36. The minimum atomic E-state index is 0.124. The van der Waals surface area contributed by atoms with Crippen molar-refractivity contribution in [1.82, 2.24) is 9.88 Å². The Bertz CT molecular complexity index is 925. The Balaban J connectivity index is 1.81. The Kier molecular flexibility index (Phi) is 4.46. The van der Waals surface area contributed by atoms with Crippen LogP contribution in [0.25, 0.3) is 22.2 Å². The van der Waals surface area contributed by atoms with Gasteiger partial charge in [-0.1, -0.05) is 62.4 Å². The Hall–Kier alpha value is -2.68. The van der Waals surface area contributed by atoms with Gasteiger partial charge >= 0.3 is 0 Å². The molecule has 1 fully saturated rings. The molecule has 1 aliphatic rings. The molecular weight excluding hydrogens is 320 g/mol. The van der Waals surface area contributed by atoms with Crippen LogP contribution in [0.1, 0.15) is 30.6 Å². The maximum atomic E-state index is 13.4. The molecule has 1 aromatic heterocycles. The zero-order valence-electron chi connectivity index (χ0n) is 15.4. The number of pyridine rings is 1. The minimum absolute atomic E-state index is 0.124. The summed E-state index contributed by atoms with van der Waals surface area (Å²) in [5.41, 5.74) is 3.52. The number of amides is 1. The first-order chi connectivity index (χ1) is 12.6. The number of para-hydroxylation sites is 1. The average molecular weight is 344 g/mol. The number of hydrogen-bond acceptors (Lipinski definition) is 2. The SMILES string of the molecule is C[C@H]1C[C@H](C)CN(C(=O)c2cc(-c3ccccc3)nc3ccccc23)C1. The van der Waals surface area contributed by atoms with Crippen LogP contribution in [0.2, 0.25) is 0 Å². The normalized spacial score (nSPS) is 20.3. The van der Waals surface area contributed by atoms with Gasteiger partial charge in [0.15, 0.2) is 0 Å². The van der Waals surface area contributed by atoms with Crippen molar-refractivity contribution in [3.8, 4) is 11.3 Å². The molecule has 2 atom stereocenters. The van der Waals surface area contributed by atoms with Crippen LogP contribution in [0.5, 0.6) is 0 Å². The second-order valence-corrected chi connectivity index (χ2v) is 7.59. The molecule has 1 amide bonds. The Morgan fingerprint density at radius 2 is 1.62 bits per heavy atom. The highest BCUT2D eigenvalue weighted by Crippen LogP contribution is 2.28. The number of hydrogen-bond donors (Lipinski definition) is 0. The summed E-state index contributed by atoms with van der Waals surface area (Å²) in [4.78, 5) is 20.2. The van der Waals surface area contributed by atoms with E-state index < -0.39 is 0 Å². The third kappa shape index (κ3) is 3.22. The van der Waals surface area contributed by atoms with E-state index in [1.807, 2.05) is 65.6 Å². The zero-order chi connectivity index (χ0) is 18.1. The lowest BCUT2D eigenvalue weighted by atomic mass is 9.91. The van der Waals surface area contributed by atoms with Gasteiger partial charge < -0.3 is 4.90 Å². The minimum Gasteiger partial charge on any atom is -0.338 e. The van der Waals surface area contributed by atoms with Gasteiger partial charge in [0.05, 0.1) is 16.8 Å². The summed E-state index contributed by atoms with van der Waals surface area (Å²) in [6, 6.07) is 20.0. The van der Waals surface area contributed by atoms with Crippen LogP contribution in [-0.4, -0.2) is 28.9 Å². The predicted molar refractivity (Wildman–Crippen MR) is 106 cm³/mol. The van der Waals surface area contributed by atoms with Crippen molar-refractivity contribution >= 4 is 16.8 Å². The molecule has 0 saturated carbocycles. The highest BCUT2D eigenvalue weighted by atomic mass is 16.2. The molecule has 0 aliphatic carbocycles. The van der Waals surface area contributed by atoms with Crippen molar-refractivity contribution in [2.24, 2.45) is 11.8 Å². The highest BCUT2D eigenvalue weighted by Gasteiger charge is 2.27. The molecule has 0 N–H and O–H groups in total. The molecule has 0 radical (unpaired) electrons. The van der Waals surface area contributed by atoms with E-state index in [0.29, 0.717) is 11.8 Å². The van der Waals surface area contributed by atoms with E-state index in [1.54, 1.807) is 0 Å². The Morgan fingerprint density at radius 3 is 2.35 bits per heavy atom. The fourth-order valence-electron chi connectivity index (χ4n) is 4.11. The molecule has 3 aromatic rings. The van der Waals surface area contributed by atoms with Crippen LogP contribution in [0, 0.1) is 11.8 Å². The van der Waals surface area contributed by atoms with Gasteiger partial charge in [0, 0.05) is 24.0 Å². The molecule has 2 aromatic carbocycles. The third-order valence-electron chi connectivity index (χ3n) is 5.17. The second kappa shape index (κ2) is 6.91. The predicted octanol–water partition coefficient (Wildman–Crippen LogP) is 5.02. The number of piperidine rings is 1. The third-order valence-corrected chi connectivity index (χ3v) is 5.17. The molecule has 0 bridgehead atoms. The van der Waals surface area contributed by atoms with Gasteiger partial charge in [0.25, 0.3) is 5.91 Å². The molecule has 26 heavy (non-hydrogen) atoms. The van der Waals surface area contributed by atoms with E-state index in [1.165, 1.54) is 6.42 Å². The zero-order valence-corrected chi connectivity index (χ0v) is 15.4. The quantitative estimate of drug-likeness (QED) is 0.654. The van der Waals surface area contributed by atoms with Crippen molar-refractivity contribution in [3.05, 3.63) is 66.2 Å². The van der Waals surface area contributed by atoms with E-state index in [4.69, 9.17) is 4.98 Å². The highest BCUT2D eigenvalue weighted by molar-refractivity contribution is 6.07. The largest absolute Gasteiger partial charge is 0.338 e. The van der Waals surface area contributed by atoms with Gasteiger partial charge in [0.1, 0.15) is 0 Å². The number of likely N-dealkylation sites (tertiary alicyclic amines) is 1. The van der Waals surface area contributed by atoms with Crippen LogP contribution >= 0.6 is 0 Å². The fourth-order valence-corrected chi connectivity index (χ4v) is 4.11. The van der Waals surface area contributed by atoms with Crippen LogP contribution in [0.15, 0.2) is 60.7 Å². The van der Waals surface area contributed by atoms with Crippen molar-refractivity contribution in [1.29, 1.82) is 0 Å². The number of fused-ring (bicyclic) bond motifs is 1. The van der Waals surface area contributed by atoms with Crippen molar-refractivity contribution in [3.63, 3.8) is 0 Å². The van der Waals surface area contributed by atoms with Crippen molar-refractivity contribution in [2.45, 2.75) is 20.3 Å². The topological polar surface area (TPSA) is 33.2 Å². The van der Waals surface area contributed by atoms with E-state index in [9.17, 15) is 4.79 Å². The Morgan fingerprint density at radius 1 is 0.962 bits per heavy atom. The number of carbonyl (C=O) groups is 1. The molecule has 1 saturated heterocycles. The maximum Gasteiger partial charge on any atom is 0.254 e. The first-order valence-electron chi connectivity index (χ1n) is 9.36. The van der Waals surface area contributed by atoms with Gasteiger partial charge in [0.2, 0.25) is 0 Å². The van der Waals surface area contributed by atoms with E-state index in [-0.39, 0.29) is 5.91 Å². The molecule has 0 unspecified atom stereocenters. The van der Waals surface area contributed by atoms with E-state index >= 15 is 0 Å². The lowest BCUT2D eigenvalue weighted by Gasteiger charge is -2.35. The van der Waals surface area contributed by atoms with Gasteiger partial charge in [-0.15, -0.1) is 0 Å². The van der Waals surface area contributed by atoms with Gasteiger partial charge in [-0.2, -0.15) is 0 Å². The first kappa shape index (κ1) is 16.8. The smallest absolute Gasteiger partial charge is 0.254 e. The number of aromatic nitrogens is 1. The van der Waals surface area contributed by atoms with Crippen molar-refractivity contribution in [2.75, 3.05) is 13.1 Å². The van der Waals surface area contributed by atoms with E-state index in [2.05, 4.69) is 13.8 Å². The van der Waals surface area contributed by atoms with Gasteiger partial charge in [-0.3, -0.25) is 4.79 Å². The summed E-state index contributed by atoms with van der Waals surface area (Å²) in [7, 11) is 0. The number of benzene rings is 2. The van der Waals surface area contributed by atoms with Gasteiger partial charge in [-0.25, -0.2) is 4.98 Å². The molecular formula is C23H24N2O. The molecule has 3 heteroatoms. The standard InChI is InChI=1S/C23H24N2O/c1-16-12-17(2)15-25(14-16)23(26)20-13-22(18-8-4-3-5-9-18)24-21-11-7-6-10-19(20)21/h3-11,13,16-17H,12,14-15H2,1-2H3/t16-,17-/m0/s1. The van der Waals surface area contributed by atoms with Crippen molar-refractivity contribution < 1.29 is 4.79 Å². The number of nitrogens with zero attached hydrogens (tertiary/aromatic N) is 2. The fraction of sp³-hybridized carbons (Fsp3) is 0.304. The molecule has 1 aliphatic heterocycles. The van der Waals surface area contributed by atoms with Crippen LogP contribution in [-0.2, 0) is 0 Å².